The van der Waals surface area contributed by atoms with Gasteiger partial charge in [0.05, 0.1) is 0 Å². The van der Waals surface area contributed by atoms with Gasteiger partial charge in [-0.3, -0.25) is 9.59 Å². The minimum Gasteiger partial charge on any atom is -0.330 e. The number of nitrogens with two attached hydrogens (primary N) is 1. The van der Waals surface area contributed by atoms with Crippen molar-refractivity contribution >= 4 is 23.3 Å². The molecule has 1 heterocycles. The highest BCUT2D eigenvalue weighted by Gasteiger charge is 2.25. The number of benzene rings is 1. The number of carbonyl (C=O) groups is 2. The monoisotopic (exact) mass is 352 g/mol. The van der Waals surface area contributed by atoms with E-state index in [2.05, 4.69) is 15.6 Å². The summed E-state index contributed by atoms with van der Waals surface area (Å²) in [5, 5.41) is 5.69. The van der Waals surface area contributed by atoms with Crippen LogP contribution >= 0.6 is 0 Å². The van der Waals surface area contributed by atoms with Crippen molar-refractivity contribution in [1.82, 2.24) is 4.98 Å². The normalized spacial score (nSPS) is 19.6. The molecule has 4 N–H and O–H groups in total. The number of hydrogen-bond acceptors (Lipinski definition) is 4. The Morgan fingerprint density at radius 1 is 1.04 bits per heavy atom. The van der Waals surface area contributed by atoms with Crippen LogP contribution in [0.1, 0.15) is 36.0 Å². The Morgan fingerprint density at radius 3 is 2.46 bits per heavy atom. The van der Waals surface area contributed by atoms with E-state index in [9.17, 15) is 9.59 Å². The highest BCUT2D eigenvalue weighted by molar-refractivity contribution is 6.04. The van der Waals surface area contributed by atoms with Crippen LogP contribution < -0.4 is 16.4 Å². The summed E-state index contributed by atoms with van der Waals surface area (Å²) in [6, 6.07) is 12.3. The minimum absolute atomic E-state index is 0.0204. The Hall–Kier alpha value is -2.73. The van der Waals surface area contributed by atoms with Crippen molar-refractivity contribution in [3.8, 4) is 0 Å². The van der Waals surface area contributed by atoms with E-state index in [0.717, 1.165) is 25.7 Å². The molecule has 6 nitrogen and oxygen atoms in total. The van der Waals surface area contributed by atoms with Gasteiger partial charge in [-0.15, -0.1) is 0 Å². The zero-order valence-corrected chi connectivity index (χ0v) is 14.7. The van der Waals surface area contributed by atoms with E-state index >= 15 is 0 Å². The second kappa shape index (κ2) is 8.58. The number of hydrogen-bond donors (Lipinski definition) is 3. The predicted molar refractivity (Wildman–Crippen MR) is 102 cm³/mol. The summed E-state index contributed by atoms with van der Waals surface area (Å²) >= 11 is 0. The molecule has 0 aliphatic heterocycles. The molecule has 6 heteroatoms. The Bertz CT molecular complexity index is 755. The van der Waals surface area contributed by atoms with Crippen LogP contribution in [-0.4, -0.2) is 23.3 Å². The highest BCUT2D eigenvalue weighted by Crippen LogP contribution is 2.29. The molecule has 26 heavy (non-hydrogen) atoms. The van der Waals surface area contributed by atoms with Gasteiger partial charge in [0.15, 0.2) is 0 Å². The second-order valence-electron chi connectivity index (χ2n) is 6.69. The van der Waals surface area contributed by atoms with Crippen LogP contribution in [0.2, 0.25) is 0 Å². The van der Waals surface area contributed by atoms with Gasteiger partial charge in [0.25, 0.3) is 5.91 Å². The summed E-state index contributed by atoms with van der Waals surface area (Å²) in [4.78, 5) is 28.8. The van der Waals surface area contributed by atoms with E-state index in [-0.39, 0.29) is 17.7 Å². The molecule has 0 atom stereocenters. The fraction of sp³-hybridized carbons (Fsp3) is 0.350. The first kappa shape index (κ1) is 18.1. The average molecular weight is 352 g/mol. The van der Waals surface area contributed by atoms with Crippen molar-refractivity contribution in [3.05, 3.63) is 54.2 Å². The second-order valence-corrected chi connectivity index (χ2v) is 6.69. The molecule has 0 spiro atoms. The van der Waals surface area contributed by atoms with Crippen molar-refractivity contribution in [2.24, 2.45) is 17.6 Å². The lowest BCUT2D eigenvalue weighted by Gasteiger charge is -2.26. The van der Waals surface area contributed by atoms with Crippen LogP contribution in [0.25, 0.3) is 0 Å². The number of aromatic nitrogens is 1. The summed E-state index contributed by atoms with van der Waals surface area (Å²) in [6.07, 6.45) is 5.32. The molecular formula is C20H24N4O2. The zero-order chi connectivity index (χ0) is 18.4. The van der Waals surface area contributed by atoms with Crippen LogP contribution in [0.5, 0.6) is 0 Å². The summed E-state index contributed by atoms with van der Waals surface area (Å²) in [7, 11) is 0. The summed E-state index contributed by atoms with van der Waals surface area (Å²) in [5.74, 6) is 0.755. The maximum Gasteiger partial charge on any atom is 0.256 e. The third-order valence-electron chi connectivity index (χ3n) is 4.86. The molecular weight excluding hydrogens is 328 g/mol. The van der Waals surface area contributed by atoms with E-state index in [1.807, 2.05) is 6.07 Å². The van der Waals surface area contributed by atoms with Gasteiger partial charge in [-0.05, 0) is 56.3 Å². The van der Waals surface area contributed by atoms with Gasteiger partial charge in [0.2, 0.25) is 5.91 Å². The highest BCUT2D eigenvalue weighted by atomic mass is 16.2. The number of carbonyl (C=O) groups excluding carboxylic acids is 2. The molecule has 0 bridgehead atoms. The molecule has 1 aliphatic rings. The van der Waals surface area contributed by atoms with Crippen LogP contribution in [0, 0.1) is 11.8 Å². The fourth-order valence-electron chi connectivity index (χ4n) is 3.26. The van der Waals surface area contributed by atoms with Gasteiger partial charge >= 0.3 is 0 Å². The molecule has 2 amide bonds. The molecule has 1 aliphatic carbocycles. The molecule has 3 rings (SSSR count). The number of nitrogens with one attached hydrogen (secondary N) is 2. The molecule has 0 unspecified atom stereocenters. The van der Waals surface area contributed by atoms with E-state index < -0.39 is 0 Å². The summed E-state index contributed by atoms with van der Waals surface area (Å²) < 4.78 is 0. The van der Waals surface area contributed by atoms with Gasteiger partial charge in [0, 0.05) is 29.4 Å². The average Bonchev–Trinajstić information content (AvgIpc) is 2.69. The molecule has 2 aromatic rings. The Balaban J connectivity index is 1.59. The quantitative estimate of drug-likeness (QED) is 0.770. The van der Waals surface area contributed by atoms with Crippen molar-refractivity contribution < 1.29 is 9.59 Å². The Labute approximate surface area is 153 Å². The topological polar surface area (TPSA) is 97.1 Å². The van der Waals surface area contributed by atoms with E-state index in [0.29, 0.717) is 29.5 Å². The maximum absolute atomic E-state index is 12.5. The van der Waals surface area contributed by atoms with Gasteiger partial charge in [-0.1, -0.05) is 18.2 Å². The van der Waals surface area contributed by atoms with Crippen molar-refractivity contribution in [1.29, 1.82) is 0 Å². The SMILES string of the molecule is NCC1CCC(C(=O)Nc2ccnc(NC(=O)c3ccccc3)c2)CC1. The lowest BCUT2D eigenvalue weighted by molar-refractivity contribution is -0.121. The predicted octanol–water partition coefficient (Wildman–Crippen LogP) is 3.04. The van der Waals surface area contributed by atoms with Crippen molar-refractivity contribution in [2.75, 3.05) is 17.2 Å². The standard InChI is InChI=1S/C20H24N4O2/c21-13-14-6-8-16(9-7-14)19(25)23-17-10-11-22-18(12-17)24-20(26)15-4-2-1-3-5-15/h1-5,10-12,14,16H,6-9,13,21H2,(H2,22,23,24,25,26). The molecule has 0 saturated heterocycles. The fourth-order valence-corrected chi connectivity index (χ4v) is 3.26. The molecule has 1 aromatic heterocycles. The molecule has 1 fully saturated rings. The number of nitrogens with zero attached hydrogens (tertiary/aromatic N) is 1. The molecule has 136 valence electrons. The number of pyridine rings is 1. The Morgan fingerprint density at radius 2 is 1.77 bits per heavy atom. The van der Waals surface area contributed by atoms with Gasteiger partial charge in [-0.2, -0.15) is 0 Å². The number of anilines is 2. The van der Waals surface area contributed by atoms with Gasteiger partial charge in [-0.25, -0.2) is 4.98 Å². The lowest BCUT2D eigenvalue weighted by Crippen LogP contribution is -2.29. The molecule has 0 radical (unpaired) electrons. The van der Waals surface area contributed by atoms with Crippen LogP contribution in [0.15, 0.2) is 48.7 Å². The zero-order valence-electron chi connectivity index (χ0n) is 14.7. The minimum atomic E-state index is -0.235. The van der Waals surface area contributed by atoms with Crippen LogP contribution in [0.3, 0.4) is 0 Å². The largest absolute Gasteiger partial charge is 0.330 e. The first-order valence-electron chi connectivity index (χ1n) is 8.99. The number of rotatable bonds is 5. The third-order valence-corrected chi connectivity index (χ3v) is 4.86. The molecule has 1 aromatic carbocycles. The summed E-state index contributed by atoms with van der Waals surface area (Å²) in [6.45, 7) is 0.698. The van der Waals surface area contributed by atoms with E-state index in [1.165, 1.54) is 0 Å². The first-order valence-corrected chi connectivity index (χ1v) is 8.99. The number of amides is 2. The van der Waals surface area contributed by atoms with Gasteiger partial charge < -0.3 is 16.4 Å². The maximum atomic E-state index is 12.5. The molecule has 1 saturated carbocycles. The van der Waals surface area contributed by atoms with Gasteiger partial charge in [0.1, 0.15) is 5.82 Å². The van der Waals surface area contributed by atoms with Crippen LogP contribution in [0.4, 0.5) is 11.5 Å². The van der Waals surface area contributed by atoms with Crippen LogP contribution in [-0.2, 0) is 4.79 Å². The van der Waals surface area contributed by atoms with E-state index in [1.54, 1.807) is 42.6 Å². The summed E-state index contributed by atoms with van der Waals surface area (Å²) in [5.41, 5.74) is 6.89. The smallest absolute Gasteiger partial charge is 0.256 e. The lowest BCUT2D eigenvalue weighted by atomic mass is 9.81. The van der Waals surface area contributed by atoms with Crippen molar-refractivity contribution in [3.63, 3.8) is 0 Å². The first-order chi connectivity index (χ1) is 12.7. The van der Waals surface area contributed by atoms with E-state index in [4.69, 9.17) is 5.73 Å². The van der Waals surface area contributed by atoms with Crippen molar-refractivity contribution in [2.45, 2.75) is 25.7 Å². The third kappa shape index (κ3) is 4.67. The Kier molecular flexibility index (Phi) is 5.96.